The van der Waals surface area contributed by atoms with Gasteiger partial charge < -0.3 is 4.74 Å². The summed E-state index contributed by atoms with van der Waals surface area (Å²) in [6.45, 7) is 3.61. The zero-order valence-corrected chi connectivity index (χ0v) is 14.0. The molecule has 0 aliphatic heterocycles. The third-order valence-corrected chi connectivity index (χ3v) is 5.07. The first-order valence-electron chi connectivity index (χ1n) is 7.00. The van der Waals surface area contributed by atoms with E-state index < -0.39 is 16.1 Å². The van der Waals surface area contributed by atoms with Gasteiger partial charge >= 0.3 is 0 Å². The Kier molecular flexibility index (Phi) is 5.04. The van der Waals surface area contributed by atoms with Gasteiger partial charge in [0.25, 0.3) is 0 Å². The van der Waals surface area contributed by atoms with Crippen LogP contribution in [0.2, 0.25) is 0 Å². The summed E-state index contributed by atoms with van der Waals surface area (Å²) < 4.78 is 32.6. The molecule has 0 aromatic heterocycles. The molecule has 0 fully saturated rings. The average Bonchev–Trinajstić information content (AvgIpc) is 2.53. The molecule has 0 radical (unpaired) electrons. The van der Waals surface area contributed by atoms with Crippen LogP contribution < -0.4 is 9.46 Å². The summed E-state index contributed by atoms with van der Waals surface area (Å²) in [5, 5.41) is 9.31. The summed E-state index contributed by atoms with van der Waals surface area (Å²) in [7, 11) is -2.30. The van der Waals surface area contributed by atoms with Gasteiger partial charge in [-0.05, 0) is 43.2 Å². The maximum absolute atomic E-state index is 12.6. The Morgan fingerprint density at radius 1 is 1.13 bits per heavy atom. The minimum atomic E-state index is -3.81. The molecule has 23 heavy (non-hydrogen) atoms. The summed E-state index contributed by atoms with van der Waals surface area (Å²) in [4.78, 5) is 0.130. The number of nitrogens with one attached hydrogen (secondary N) is 1. The highest BCUT2D eigenvalue weighted by atomic mass is 32.2. The minimum Gasteiger partial charge on any atom is -0.497 e. The van der Waals surface area contributed by atoms with E-state index in [0.29, 0.717) is 16.9 Å². The first-order chi connectivity index (χ1) is 10.9. The SMILES string of the molecule is COc1ccc(S(=O)(=O)NC(C#N)c2ccc(C)cc2)c(C)c1. The number of methoxy groups -OCH3 is 1. The Morgan fingerprint density at radius 2 is 1.78 bits per heavy atom. The number of nitriles is 1. The molecule has 1 atom stereocenters. The van der Waals surface area contributed by atoms with E-state index in [2.05, 4.69) is 4.72 Å². The highest BCUT2D eigenvalue weighted by Gasteiger charge is 2.23. The van der Waals surface area contributed by atoms with Gasteiger partial charge in [-0.3, -0.25) is 0 Å². The predicted molar refractivity (Wildman–Crippen MR) is 87.6 cm³/mol. The molecule has 0 spiro atoms. The number of rotatable bonds is 5. The van der Waals surface area contributed by atoms with Crippen LogP contribution in [0.15, 0.2) is 47.4 Å². The van der Waals surface area contributed by atoms with Gasteiger partial charge in [0.15, 0.2) is 0 Å². The highest BCUT2D eigenvalue weighted by Crippen LogP contribution is 2.23. The fourth-order valence-corrected chi connectivity index (χ4v) is 3.55. The zero-order valence-electron chi connectivity index (χ0n) is 13.2. The first kappa shape index (κ1) is 17.0. The van der Waals surface area contributed by atoms with Gasteiger partial charge in [0, 0.05) is 0 Å². The second kappa shape index (κ2) is 6.82. The van der Waals surface area contributed by atoms with Crippen LogP contribution in [0.1, 0.15) is 22.7 Å². The second-order valence-corrected chi connectivity index (χ2v) is 6.91. The number of sulfonamides is 1. The standard InChI is InChI=1S/C17H18N2O3S/c1-12-4-6-14(7-5-12)16(11-18)19-23(20,21)17-9-8-15(22-3)10-13(17)2/h4-10,16,19H,1-3H3. The average molecular weight is 330 g/mol. The van der Waals surface area contributed by atoms with Crippen LogP contribution in [-0.4, -0.2) is 15.5 Å². The highest BCUT2D eigenvalue weighted by molar-refractivity contribution is 7.89. The maximum atomic E-state index is 12.6. The molecule has 2 rings (SSSR count). The Bertz CT molecular complexity index is 837. The summed E-state index contributed by atoms with van der Waals surface area (Å²) in [5.74, 6) is 0.580. The number of benzene rings is 2. The monoisotopic (exact) mass is 330 g/mol. The van der Waals surface area contributed by atoms with Crippen molar-refractivity contribution in [3.8, 4) is 11.8 Å². The van der Waals surface area contributed by atoms with E-state index in [1.54, 1.807) is 31.2 Å². The lowest BCUT2D eigenvalue weighted by Crippen LogP contribution is -2.28. The Morgan fingerprint density at radius 3 is 2.30 bits per heavy atom. The van der Waals surface area contributed by atoms with E-state index in [0.717, 1.165) is 5.56 Å². The fraction of sp³-hybridized carbons (Fsp3) is 0.235. The predicted octanol–water partition coefficient (Wildman–Crippen LogP) is 2.86. The molecule has 5 nitrogen and oxygen atoms in total. The molecular formula is C17H18N2O3S. The van der Waals surface area contributed by atoms with Crippen molar-refractivity contribution in [3.63, 3.8) is 0 Å². The van der Waals surface area contributed by atoms with E-state index >= 15 is 0 Å². The molecule has 0 aliphatic carbocycles. The molecule has 2 aromatic rings. The van der Waals surface area contributed by atoms with Crippen molar-refractivity contribution in [2.75, 3.05) is 7.11 Å². The lowest BCUT2D eigenvalue weighted by molar-refractivity contribution is 0.414. The van der Waals surface area contributed by atoms with E-state index in [4.69, 9.17) is 4.74 Å². The Hall–Kier alpha value is -2.36. The molecule has 0 saturated heterocycles. The molecule has 0 heterocycles. The smallest absolute Gasteiger partial charge is 0.242 e. The molecule has 0 bridgehead atoms. The quantitative estimate of drug-likeness (QED) is 0.914. The van der Waals surface area contributed by atoms with E-state index in [1.807, 2.05) is 25.1 Å². The van der Waals surface area contributed by atoms with Gasteiger partial charge in [0.2, 0.25) is 10.0 Å². The normalized spacial score (nSPS) is 12.4. The molecule has 1 unspecified atom stereocenters. The molecule has 120 valence electrons. The largest absolute Gasteiger partial charge is 0.497 e. The van der Waals surface area contributed by atoms with E-state index in [1.165, 1.54) is 13.2 Å². The molecule has 6 heteroatoms. The van der Waals surface area contributed by atoms with Crippen molar-refractivity contribution < 1.29 is 13.2 Å². The van der Waals surface area contributed by atoms with Crippen LogP contribution >= 0.6 is 0 Å². The van der Waals surface area contributed by atoms with Gasteiger partial charge in [0.05, 0.1) is 18.1 Å². The van der Waals surface area contributed by atoms with Crippen molar-refractivity contribution in [2.45, 2.75) is 24.8 Å². The second-order valence-electron chi connectivity index (χ2n) is 5.23. The van der Waals surface area contributed by atoms with Crippen LogP contribution in [-0.2, 0) is 10.0 Å². The molecule has 2 aromatic carbocycles. The van der Waals surface area contributed by atoms with Crippen molar-refractivity contribution >= 4 is 10.0 Å². The third kappa shape index (κ3) is 3.89. The molecule has 1 N–H and O–H groups in total. The van der Waals surface area contributed by atoms with Crippen LogP contribution in [0.3, 0.4) is 0 Å². The number of aryl methyl sites for hydroxylation is 2. The topological polar surface area (TPSA) is 79.2 Å². The van der Waals surface area contributed by atoms with E-state index in [-0.39, 0.29) is 4.90 Å². The zero-order chi connectivity index (χ0) is 17.0. The molecule has 0 saturated carbocycles. The minimum absolute atomic E-state index is 0.130. The van der Waals surface area contributed by atoms with Crippen molar-refractivity contribution in [1.29, 1.82) is 5.26 Å². The van der Waals surface area contributed by atoms with Crippen molar-refractivity contribution in [2.24, 2.45) is 0 Å². The van der Waals surface area contributed by atoms with Crippen LogP contribution in [0.5, 0.6) is 5.75 Å². The van der Waals surface area contributed by atoms with Gasteiger partial charge in [-0.15, -0.1) is 0 Å². The Labute approximate surface area is 136 Å². The lowest BCUT2D eigenvalue weighted by atomic mass is 10.1. The first-order valence-corrected chi connectivity index (χ1v) is 8.49. The number of ether oxygens (including phenoxy) is 1. The summed E-state index contributed by atoms with van der Waals surface area (Å²) in [6.07, 6.45) is 0. The number of hydrogen-bond acceptors (Lipinski definition) is 4. The van der Waals surface area contributed by atoms with Crippen molar-refractivity contribution in [3.05, 3.63) is 59.2 Å². The van der Waals surface area contributed by atoms with Gasteiger partial charge in [-0.1, -0.05) is 29.8 Å². The fourth-order valence-electron chi connectivity index (χ4n) is 2.20. The molecule has 0 aliphatic rings. The maximum Gasteiger partial charge on any atom is 0.242 e. The van der Waals surface area contributed by atoms with Crippen LogP contribution in [0, 0.1) is 25.2 Å². The van der Waals surface area contributed by atoms with Gasteiger partial charge in [-0.25, -0.2) is 8.42 Å². The summed E-state index contributed by atoms with van der Waals surface area (Å²) in [5.41, 5.74) is 2.20. The van der Waals surface area contributed by atoms with Gasteiger partial charge in [0.1, 0.15) is 11.8 Å². The molecular weight excluding hydrogens is 312 g/mol. The van der Waals surface area contributed by atoms with E-state index in [9.17, 15) is 13.7 Å². The molecule has 0 amide bonds. The number of nitrogens with zero attached hydrogens (tertiary/aromatic N) is 1. The number of hydrogen-bond donors (Lipinski definition) is 1. The third-order valence-electron chi connectivity index (χ3n) is 3.48. The van der Waals surface area contributed by atoms with Crippen LogP contribution in [0.25, 0.3) is 0 Å². The van der Waals surface area contributed by atoms with Gasteiger partial charge in [-0.2, -0.15) is 9.98 Å². The summed E-state index contributed by atoms with van der Waals surface area (Å²) in [6, 6.07) is 12.9. The Balaban J connectivity index is 2.33. The summed E-state index contributed by atoms with van der Waals surface area (Å²) >= 11 is 0. The lowest BCUT2D eigenvalue weighted by Gasteiger charge is -2.14. The van der Waals surface area contributed by atoms with Crippen molar-refractivity contribution in [1.82, 2.24) is 4.72 Å². The van der Waals surface area contributed by atoms with Crippen LogP contribution in [0.4, 0.5) is 0 Å².